The number of amides is 1. The first-order valence-electron chi connectivity index (χ1n) is 8.50. The predicted octanol–water partition coefficient (Wildman–Crippen LogP) is 5.45. The van der Waals surface area contributed by atoms with Crippen molar-refractivity contribution in [2.45, 2.75) is 51.9 Å². The van der Waals surface area contributed by atoms with Gasteiger partial charge in [-0.2, -0.15) is 0 Å². The lowest BCUT2D eigenvalue weighted by Crippen LogP contribution is -2.24. The molecule has 3 nitrogen and oxygen atoms in total. The third-order valence-electron chi connectivity index (χ3n) is 4.58. The topological polar surface area (TPSA) is 42.0 Å². The lowest BCUT2D eigenvalue weighted by Gasteiger charge is -2.19. The van der Waals surface area contributed by atoms with Gasteiger partial charge in [-0.05, 0) is 24.3 Å². The summed E-state index contributed by atoms with van der Waals surface area (Å²) in [4.78, 5) is 16.9. The molecule has 1 amide bonds. The molecular weight excluding hydrogens is 304 g/mol. The van der Waals surface area contributed by atoms with E-state index in [0.717, 1.165) is 24.1 Å². The number of carbonyl (C=O) groups is 1. The summed E-state index contributed by atoms with van der Waals surface area (Å²) in [5, 5.41) is 5.73. The van der Waals surface area contributed by atoms with Crippen LogP contribution in [0.15, 0.2) is 29.6 Å². The average molecular weight is 328 g/mol. The van der Waals surface area contributed by atoms with Crippen LogP contribution >= 0.6 is 11.3 Å². The molecule has 0 saturated heterocycles. The maximum absolute atomic E-state index is 12.3. The van der Waals surface area contributed by atoms with Gasteiger partial charge < -0.3 is 5.32 Å². The second-order valence-electron chi connectivity index (χ2n) is 6.64. The highest BCUT2D eigenvalue weighted by Gasteiger charge is 2.21. The zero-order valence-corrected chi connectivity index (χ0v) is 14.7. The summed E-state index contributed by atoms with van der Waals surface area (Å²) in [6, 6.07) is 8.52. The van der Waals surface area contributed by atoms with Crippen molar-refractivity contribution < 1.29 is 4.79 Å². The lowest BCUT2D eigenvalue weighted by atomic mass is 9.89. The third kappa shape index (κ3) is 3.99. The average Bonchev–Trinajstić information content (AvgIpc) is 3.04. The summed E-state index contributed by atoms with van der Waals surface area (Å²) >= 11 is 1.50. The molecule has 23 heavy (non-hydrogen) atoms. The van der Waals surface area contributed by atoms with Crippen LogP contribution in [0.5, 0.6) is 0 Å². The molecule has 0 radical (unpaired) electrons. The van der Waals surface area contributed by atoms with Crippen LogP contribution in [-0.4, -0.2) is 10.9 Å². The zero-order chi connectivity index (χ0) is 16.2. The van der Waals surface area contributed by atoms with Gasteiger partial charge in [0.15, 0.2) is 5.13 Å². The molecule has 0 atom stereocenters. The highest BCUT2D eigenvalue weighted by molar-refractivity contribution is 7.14. The Morgan fingerprint density at radius 3 is 2.52 bits per heavy atom. The molecule has 1 aliphatic carbocycles. The van der Waals surface area contributed by atoms with Gasteiger partial charge in [-0.1, -0.05) is 57.4 Å². The molecule has 3 rings (SSSR count). The van der Waals surface area contributed by atoms with E-state index in [0.29, 0.717) is 11.0 Å². The van der Waals surface area contributed by atoms with Crippen LogP contribution < -0.4 is 5.32 Å². The van der Waals surface area contributed by atoms with E-state index in [-0.39, 0.29) is 11.8 Å². The van der Waals surface area contributed by atoms with Gasteiger partial charge in [0.1, 0.15) is 0 Å². The number of anilines is 1. The van der Waals surface area contributed by atoms with Gasteiger partial charge in [-0.15, -0.1) is 11.3 Å². The largest absolute Gasteiger partial charge is 0.302 e. The maximum Gasteiger partial charge on any atom is 0.229 e. The minimum Gasteiger partial charge on any atom is -0.302 e. The van der Waals surface area contributed by atoms with Gasteiger partial charge in [-0.3, -0.25) is 4.79 Å². The molecule has 4 heteroatoms. The van der Waals surface area contributed by atoms with Crippen LogP contribution in [0.1, 0.15) is 57.4 Å². The Morgan fingerprint density at radius 1 is 1.17 bits per heavy atom. The molecule has 1 heterocycles. The van der Waals surface area contributed by atoms with E-state index in [1.807, 2.05) is 5.38 Å². The lowest BCUT2D eigenvalue weighted by molar-refractivity contribution is -0.120. The minimum absolute atomic E-state index is 0.140. The third-order valence-corrected chi connectivity index (χ3v) is 5.34. The van der Waals surface area contributed by atoms with Crippen molar-refractivity contribution in [2.75, 3.05) is 5.32 Å². The van der Waals surface area contributed by atoms with E-state index < -0.39 is 0 Å². The van der Waals surface area contributed by atoms with Gasteiger partial charge >= 0.3 is 0 Å². The SMILES string of the molecule is CC(C)c1ccc(-c2csc(NC(=O)C3CCCCC3)n2)cc1. The van der Waals surface area contributed by atoms with Crippen molar-refractivity contribution >= 4 is 22.4 Å². The molecule has 1 aliphatic rings. The smallest absolute Gasteiger partial charge is 0.229 e. The molecule has 0 aliphatic heterocycles. The molecule has 1 aromatic heterocycles. The van der Waals surface area contributed by atoms with Crippen LogP contribution in [0.4, 0.5) is 5.13 Å². The standard InChI is InChI=1S/C19H24N2OS/c1-13(2)14-8-10-15(11-9-14)17-12-23-19(20-17)21-18(22)16-6-4-3-5-7-16/h8-13,16H,3-7H2,1-2H3,(H,20,21,22). The fraction of sp³-hybridized carbons (Fsp3) is 0.474. The molecule has 1 fully saturated rings. The molecule has 1 N–H and O–H groups in total. The molecule has 122 valence electrons. The van der Waals surface area contributed by atoms with Crippen molar-refractivity contribution in [1.29, 1.82) is 0 Å². The van der Waals surface area contributed by atoms with Crippen molar-refractivity contribution in [3.05, 3.63) is 35.2 Å². The Morgan fingerprint density at radius 2 is 1.87 bits per heavy atom. The van der Waals surface area contributed by atoms with E-state index in [4.69, 9.17) is 0 Å². The number of benzene rings is 1. The maximum atomic E-state index is 12.3. The van der Waals surface area contributed by atoms with Crippen LogP contribution in [0, 0.1) is 5.92 Å². The van der Waals surface area contributed by atoms with Crippen LogP contribution in [0.3, 0.4) is 0 Å². The number of rotatable bonds is 4. The summed E-state index contributed by atoms with van der Waals surface area (Å²) in [5.74, 6) is 0.840. The number of carbonyl (C=O) groups excluding carboxylic acids is 1. The number of nitrogens with zero attached hydrogens (tertiary/aromatic N) is 1. The number of aromatic nitrogens is 1. The Kier molecular flexibility index (Phi) is 5.11. The first kappa shape index (κ1) is 16.2. The molecule has 1 aromatic carbocycles. The van der Waals surface area contributed by atoms with Crippen LogP contribution in [0.2, 0.25) is 0 Å². The van der Waals surface area contributed by atoms with Crippen molar-refractivity contribution in [1.82, 2.24) is 4.98 Å². The summed E-state index contributed by atoms with van der Waals surface area (Å²) in [6.45, 7) is 4.38. The van der Waals surface area contributed by atoms with Crippen molar-refractivity contribution in [3.63, 3.8) is 0 Å². The Balaban J connectivity index is 1.66. The molecule has 0 unspecified atom stereocenters. The van der Waals surface area contributed by atoms with Crippen LogP contribution in [0.25, 0.3) is 11.3 Å². The van der Waals surface area contributed by atoms with Gasteiger partial charge in [0.25, 0.3) is 0 Å². The van der Waals surface area contributed by atoms with Gasteiger partial charge in [-0.25, -0.2) is 4.98 Å². The molecule has 0 spiro atoms. The second-order valence-corrected chi connectivity index (χ2v) is 7.50. The molecular formula is C19H24N2OS. The normalized spacial score (nSPS) is 15.8. The molecule has 2 aromatic rings. The van der Waals surface area contributed by atoms with E-state index in [2.05, 4.69) is 48.4 Å². The predicted molar refractivity (Wildman–Crippen MR) is 96.8 cm³/mol. The number of nitrogens with one attached hydrogen (secondary N) is 1. The highest BCUT2D eigenvalue weighted by atomic mass is 32.1. The summed E-state index contributed by atoms with van der Waals surface area (Å²) in [5.41, 5.74) is 3.36. The van der Waals surface area contributed by atoms with Crippen molar-refractivity contribution in [3.8, 4) is 11.3 Å². The van der Waals surface area contributed by atoms with Crippen molar-refractivity contribution in [2.24, 2.45) is 5.92 Å². The monoisotopic (exact) mass is 328 g/mol. The summed E-state index contributed by atoms with van der Waals surface area (Å²) in [7, 11) is 0. The van der Waals surface area contributed by atoms with E-state index in [1.54, 1.807) is 0 Å². The number of hydrogen-bond acceptors (Lipinski definition) is 3. The summed E-state index contributed by atoms with van der Waals surface area (Å²) in [6.07, 6.45) is 5.63. The molecule has 1 saturated carbocycles. The van der Waals surface area contributed by atoms with Crippen LogP contribution in [-0.2, 0) is 4.79 Å². The Labute approximate surface area is 142 Å². The molecule has 0 bridgehead atoms. The summed E-state index contributed by atoms with van der Waals surface area (Å²) < 4.78 is 0. The van der Waals surface area contributed by atoms with E-state index in [1.165, 1.54) is 36.2 Å². The fourth-order valence-electron chi connectivity index (χ4n) is 3.07. The Hall–Kier alpha value is -1.68. The minimum atomic E-state index is 0.140. The van der Waals surface area contributed by atoms with Gasteiger partial charge in [0.05, 0.1) is 5.69 Å². The first-order valence-corrected chi connectivity index (χ1v) is 9.38. The fourth-order valence-corrected chi connectivity index (χ4v) is 3.80. The highest BCUT2D eigenvalue weighted by Crippen LogP contribution is 2.28. The quantitative estimate of drug-likeness (QED) is 0.810. The Bertz CT molecular complexity index is 654. The second kappa shape index (κ2) is 7.26. The number of hydrogen-bond donors (Lipinski definition) is 1. The van der Waals surface area contributed by atoms with E-state index >= 15 is 0 Å². The van der Waals surface area contributed by atoms with E-state index in [9.17, 15) is 4.79 Å². The van der Waals surface area contributed by atoms with Gasteiger partial charge in [0.2, 0.25) is 5.91 Å². The van der Waals surface area contributed by atoms with Gasteiger partial charge in [0, 0.05) is 16.9 Å². The first-order chi connectivity index (χ1) is 11.1. The number of thiazole rings is 1. The zero-order valence-electron chi connectivity index (χ0n) is 13.8.